The van der Waals surface area contributed by atoms with Crippen molar-refractivity contribution in [3.05, 3.63) is 69.6 Å². The second-order valence-corrected chi connectivity index (χ2v) is 9.40. The molecule has 0 spiro atoms. The summed E-state index contributed by atoms with van der Waals surface area (Å²) in [5.74, 6) is -0.283. The van der Waals surface area contributed by atoms with Crippen LogP contribution in [0.15, 0.2) is 54.7 Å². The summed E-state index contributed by atoms with van der Waals surface area (Å²) in [5, 5.41) is 2.78. The molecule has 1 fully saturated rings. The maximum Gasteiger partial charge on any atom is 0.414 e. The van der Waals surface area contributed by atoms with Gasteiger partial charge in [-0.05, 0) is 62.4 Å². The number of anilines is 1. The van der Waals surface area contributed by atoms with Crippen molar-refractivity contribution in [2.45, 2.75) is 20.0 Å². The van der Waals surface area contributed by atoms with Gasteiger partial charge in [0.15, 0.2) is 0 Å². The van der Waals surface area contributed by atoms with Crippen molar-refractivity contribution in [3.8, 4) is 5.69 Å². The van der Waals surface area contributed by atoms with Gasteiger partial charge in [0, 0.05) is 30.7 Å². The summed E-state index contributed by atoms with van der Waals surface area (Å²) < 4.78 is 7.79. The number of amides is 3. The van der Waals surface area contributed by atoms with Crippen LogP contribution in [-0.2, 0) is 4.74 Å². The molecular formula is C24H25ClN4O4S. The zero-order chi connectivity index (χ0) is 24.2. The fourth-order valence-electron chi connectivity index (χ4n) is 3.81. The minimum atomic E-state index is -0.468. The largest absolute Gasteiger partial charge is 0.442 e. The van der Waals surface area contributed by atoms with Gasteiger partial charge in [0.25, 0.3) is 11.8 Å². The van der Waals surface area contributed by atoms with Crippen molar-refractivity contribution in [1.82, 2.24) is 14.8 Å². The summed E-state index contributed by atoms with van der Waals surface area (Å²) in [4.78, 5) is 41.3. The number of carbonyl (C=O) groups excluding carboxylic acids is 3. The molecule has 1 aliphatic heterocycles. The standard InChI is InChI=1S/C24H25ClN4O4S/c1-3-27(4-2)23(31)19-6-5-13-28(19)16-7-9-17(10-8-16)29-15-18(33-24(29)32)14-26-22(30)20-11-12-21(25)34-20/h5-13,18H,3-4,14-15H2,1-2H3,(H,26,30)/t18-/m0/s1. The molecule has 34 heavy (non-hydrogen) atoms. The first-order valence-electron chi connectivity index (χ1n) is 11.0. The van der Waals surface area contributed by atoms with Gasteiger partial charge in [0.2, 0.25) is 0 Å². The van der Waals surface area contributed by atoms with Crippen molar-refractivity contribution in [3.63, 3.8) is 0 Å². The first-order chi connectivity index (χ1) is 16.4. The minimum Gasteiger partial charge on any atom is -0.442 e. The van der Waals surface area contributed by atoms with Crippen LogP contribution in [0.4, 0.5) is 10.5 Å². The van der Waals surface area contributed by atoms with Gasteiger partial charge in [0.05, 0.1) is 22.3 Å². The smallest absolute Gasteiger partial charge is 0.414 e. The molecule has 3 heterocycles. The Morgan fingerprint density at radius 3 is 2.47 bits per heavy atom. The minimum absolute atomic E-state index is 0.0306. The molecule has 3 aromatic rings. The average molecular weight is 501 g/mol. The number of halogens is 1. The lowest BCUT2D eigenvalue weighted by Crippen LogP contribution is -2.34. The van der Waals surface area contributed by atoms with E-state index in [2.05, 4.69) is 5.32 Å². The van der Waals surface area contributed by atoms with E-state index >= 15 is 0 Å². The van der Waals surface area contributed by atoms with Gasteiger partial charge in [-0.25, -0.2) is 4.79 Å². The highest BCUT2D eigenvalue weighted by Gasteiger charge is 2.32. The van der Waals surface area contributed by atoms with E-state index in [0.29, 0.717) is 40.2 Å². The van der Waals surface area contributed by atoms with Gasteiger partial charge in [0.1, 0.15) is 11.8 Å². The van der Waals surface area contributed by atoms with Gasteiger partial charge >= 0.3 is 6.09 Å². The van der Waals surface area contributed by atoms with Gasteiger partial charge in [-0.15, -0.1) is 11.3 Å². The normalized spacial score (nSPS) is 15.3. The van der Waals surface area contributed by atoms with Gasteiger partial charge in [-0.3, -0.25) is 14.5 Å². The Hall–Kier alpha value is -3.30. The van der Waals surface area contributed by atoms with Crippen molar-refractivity contribution in [1.29, 1.82) is 0 Å². The van der Waals surface area contributed by atoms with Crippen molar-refractivity contribution in [2.75, 3.05) is 31.1 Å². The maximum absolute atomic E-state index is 12.8. The number of thiophene rings is 1. The lowest BCUT2D eigenvalue weighted by atomic mass is 10.2. The third-order valence-electron chi connectivity index (χ3n) is 5.62. The Kier molecular flexibility index (Phi) is 7.23. The number of benzene rings is 1. The summed E-state index contributed by atoms with van der Waals surface area (Å²) in [6.45, 7) is 5.70. The Balaban J connectivity index is 1.41. The molecule has 0 aliphatic carbocycles. The van der Waals surface area contributed by atoms with E-state index in [1.165, 1.54) is 16.2 Å². The molecule has 4 rings (SSSR count). The molecule has 8 nitrogen and oxygen atoms in total. The SMILES string of the molecule is CCN(CC)C(=O)c1cccn1-c1ccc(N2C[C@H](CNC(=O)c3ccc(Cl)s3)OC2=O)cc1. The van der Waals surface area contributed by atoms with Crippen LogP contribution in [0.25, 0.3) is 5.69 Å². The number of hydrogen-bond donors (Lipinski definition) is 1. The van der Waals surface area contributed by atoms with Crippen molar-refractivity contribution >= 4 is 46.5 Å². The molecule has 10 heteroatoms. The molecule has 0 unspecified atom stereocenters. The molecule has 0 saturated carbocycles. The number of nitrogens with zero attached hydrogens (tertiary/aromatic N) is 3. The summed E-state index contributed by atoms with van der Waals surface area (Å²) >= 11 is 7.07. The summed E-state index contributed by atoms with van der Waals surface area (Å²) in [5.41, 5.74) is 2.08. The van der Waals surface area contributed by atoms with Crippen LogP contribution < -0.4 is 10.2 Å². The molecular weight excluding hydrogens is 476 g/mol. The highest BCUT2D eigenvalue weighted by molar-refractivity contribution is 7.18. The van der Waals surface area contributed by atoms with E-state index < -0.39 is 12.2 Å². The number of ether oxygens (including phenoxy) is 1. The van der Waals surface area contributed by atoms with Gasteiger partial charge in [-0.1, -0.05) is 11.6 Å². The fourth-order valence-corrected chi connectivity index (χ4v) is 4.77. The summed E-state index contributed by atoms with van der Waals surface area (Å²) in [6.07, 6.45) is 0.911. The molecule has 1 saturated heterocycles. The van der Waals surface area contributed by atoms with Crippen molar-refractivity contribution in [2.24, 2.45) is 0 Å². The van der Waals surface area contributed by atoms with E-state index in [1.54, 1.807) is 23.1 Å². The van der Waals surface area contributed by atoms with Crippen LogP contribution in [0.2, 0.25) is 4.34 Å². The second-order valence-electron chi connectivity index (χ2n) is 7.69. The summed E-state index contributed by atoms with van der Waals surface area (Å²) in [6, 6.07) is 14.3. The zero-order valence-corrected chi connectivity index (χ0v) is 20.4. The number of carbonyl (C=O) groups is 3. The Bertz CT molecular complexity index is 1190. The van der Waals surface area contributed by atoms with E-state index in [0.717, 1.165) is 5.69 Å². The first kappa shape index (κ1) is 23.8. The molecule has 0 radical (unpaired) electrons. The van der Waals surface area contributed by atoms with E-state index in [1.807, 2.05) is 54.9 Å². The van der Waals surface area contributed by atoms with Crippen LogP contribution in [0.5, 0.6) is 0 Å². The Morgan fingerprint density at radius 2 is 1.82 bits per heavy atom. The van der Waals surface area contributed by atoms with Gasteiger partial charge < -0.3 is 19.5 Å². The van der Waals surface area contributed by atoms with Crippen LogP contribution in [0.3, 0.4) is 0 Å². The molecule has 1 atom stereocenters. The molecule has 1 aromatic carbocycles. The highest BCUT2D eigenvalue weighted by atomic mass is 35.5. The molecule has 178 valence electrons. The molecule has 2 aromatic heterocycles. The number of aromatic nitrogens is 1. The number of rotatable bonds is 8. The highest BCUT2D eigenvalue weighted by Crippen LogP contribution is 2.25. The van der Waals surface area contributed by atoms with Gasteiger partial charge in [-0.2, -0.15) is 0 Å². The third kappa shape index (κ3) is 4.95. The topological polar surface area (TPSA) is 83.9 Å². The van der Waals surface area contributed by atoms with Crippen LogP contribution in [0.1, 0.15) is 34.0 Å². The molecule has 1 aliphatic rings. The fraction of sp³-hybridized carbons (Fsp3) is 0.292. The van der Waals surface area contributed by atoms with E-state index in [-0.39, 0.29) is 18.4 Å². The Morgan fingerprint density at radius 1 is 1.12 bits per heavy atom. The predicted molar refractivity (Wildman–Crippen MR) is 132 cm³/mol. The number of nitrogens with one attached hydrogen (secondary N) is 1. The number of hydrogen-bond acceptors (Lipinski definition) is 5. The third-order valence-corrected chi connectivity index (χ3v) is 6.85. The lowest BCUT2D eigenvalue weighted by molar-refractivity contribution is 0.0764. The van der Waals surface area contributed by atoms with Crippen molar-refractivity contribution < 1.29 is 19.1 Å². The van der Waals surface area contributed by atoms with E-state index in [4.69, 9.17) is 16.3 Å². The van der Waals surface area contributed by atoms with Crippen LogP contribution in [0, 0.1) is 0 Å². The molecule has 1 N–H and O–H groups in total. The predicted octanol–water partition coefficient (Wildman–Crippen LogP) is 4.43. The Labute approximate surface area is 206 Å². The molecule has 3 amide bonds. The van der Waals surface area contributed by atoms with Crippen LogP contribution in [-0.4, -0.2) is 59.7 Å². The number of cyclic esters (lactones) is 1. The van der Waals surface area contributed by atoms with E-state index in [9.17, 15) is 14.4 Å². The van der Waals surface area contributed by atoms with Crippen LogP contribution >= 0.6 is 22.9 Å². The maximum atomic E-state index is 12.8. The average Bonchev–Trinajstić information content (AvgIpc) is 3.58. The monoisotopic (exact) mass is 500 g/mol. The lowest BCUT2D eigenvalue weighted by Gasteiger charge is -2.20. The quantitative estimate of drug-likeness (QED) is 0.496. The molecule has 0 bridgehead atoms. The second kappa shape index (κ2) is 10.3. The first-order valence-corrected chi connectivity index (χ1v) is 12.2. The zero-order valence-electron chi connectivity index (χ0n) is 18.9. The summed E-state index contributed by atoms with van der Waals surface area (Å²) in [7, 11) is 0.